The Labute approximate surface area is 144 Å². The van der Waals surface area contributed by atoms with Crippen LogP contribution in [0.2, 0.25) is 0 Å². The molecule has 106 valence electrons. The molecule has 0 aromatic heterocycles. The summed E-state index contributed by atoms with van der Waals surface area (Å²) in [5, 5.41) is 13.5. The van der Waals surface area contributed by atoms with Gasteiger partial charge in [0.25, 0.3) is 0 Å². The highest BCUT2D eigenvalue weighted by Gasteiger charge is 2.15. The maximum absolute atomic E-state index is 10.0. The molecule has 0 amide bonds. The number of nitrogens with one attached hydrogen (secondary N) is 1. The van der Waals surface area contributed by atoms with Gasteiger partial charge in [-0.2, -0.15) is 0 Å². The number of hydrogen-bond acceptors (Lipinski definition) is 2. The van der Waals surface area contributed by atoms with Gasteiger partial charge in [-0.25, -0.2) is 0 Å². The number of phenolic OH excluding ortho intramolecular Hbond substituents is 1. The van der Waals surface area contributed by atoms with Gasteiger partial charge in [-0.1, -0.05) is 38.8 Å². The van der Waals surface area contributed by atoms with Crippen molar-refractivity contribution >= 4 is 53.5 Å². The summed E-state index contributed by atoms with van der Waals surface area (Å²) < 4.78 is 2.97. The molecule has 0 radical (unpaired) electrons. The van der Waals surface area contributed by atoms with Gasteiger partial charge in [0.2, 0.25) is 0 Å². The summed E-state index contributed by atoms with van der Waals surface area (Å²) in [4.78, 5) is 0. The molecule has 5 heteroatoms. The van der Waals surface area contributed by atoms with Crippen molar-refractivity contribution in [2.24, 2.45) is 0 Å². The van der Waals surface area contributed by atoms with Crippen LogP contribution in [-0.4, -0.2) is 5.11 Å². The first-order valence-electron chi connectivity index (χ1n) is 6.21. The Morgan fingerprint density at radius 1 is 1.05 bits per heavy atom. The molecular weight excluding hydrogens is 450 g/mol. The zero-order chi connectivity index (χ0) is 14.7. The molecule has 0 spiro atoms. The van der Waals surface area contributed by atoms with Crippen LogP contribution in [0.1, 0.15) is 24.9 Å². The van der Waals surface area contributed by atoms with Gasteiger partial charge in [-0.15, -0.1) is 0 Å². The molecule has 0 saturated carbocycles. The molecular formula is C15H14Br3NO. The van der Waals surface area contributed by atoms with Crippen molar-refractivity contribution in [1.82, 2.24) is 0 Å². The number of halogens is 3. The SMILES string of the molecule is CCC(Nc1ccc(Br)cc1Br)c1cc(Br)ccc1O. The van der Waals surface area contributed by atoms with Crippen LogP contribution in [0.5, 0.6) is 5.75 Å². The van der Waals surface area contributed by atoms with Crippen molar-refractivity contribution in [3.05, 3.63) is 55.4 Å². The maximum atomic E-state index is 10.0. The summed E-state index contributed by atoms with van der Waals surface area (Å²) in [5.74, 6) is 0.306. The second-order valence-corrected chi connectivity index (χ2v) is 7.12. The molecule has 1 unspecified atom stereocenters. The van der Waals surface area contributed by atoms with Crippen LogP contribution < -0.4 is 5.32 Å². The van der Waals surface area contributed by atoms with Crippen LogP contribution in [0.3, 0.4) is 0 Å². The molecule has 2 rings (SSSR count). The molecule has 0 fully saturated rings. The Bertz CT molecular complexity index is 616. The average molecular weight is 464 g/mol. The van der Waals surface area contributed by atoms with E-state index in [2.05, 4.69) is 60.0 Å². The average Bonchev–Trinajstić information content (AvgIpc) is 2.41. The lowest BCUT2D eigenvalue weighted by atomic mass is 10.0. The van der Waals surface area contributed by atoms with Crippen LogP contribution in [0.15, 0.2) is 49.8 Å². The highest BCUT2D eigenvalue weighted by Crippen LogP contribution is 2.34. The Morgan fingerprint density at radius 3 is 2.35 bits per heavy atom. The lowest BCUT2D eigenvalue weighted by molar-refractivity contribution is 0.462. The van der Waals surface area contributed by atoms with E-state index >= 15 is 0 Å². The fourth-order valence-corrected chi connectivity index (χ4v) is 3.54. The lowest BCUT2D eigenvalue weighted by Crippen LogP contribution is -2.10. The minimum atomic E-state index is 0.0463. The highest BCUT2D eigenvalue weighted by atomic mass is 79.9. The monoisotopic (exact) mass is 461 g/mol. The summed E-state index contributed by atoms with van der Waals surface area (Å²) in [6, 6.07) is 11.5. The maximum Gasteiger partial charge on any atom is 0.120 e. The van der Waals surface area contributed by atoms with Crippen molar-refractivity contribution in [1.29, 1.82) is 0 Å². The van der Waals surface area contributed by atoms with E-state index < -0.39 is 0 Å². The van der Waals surface area contributed by atoms with Crippen LogP contribution >= 0.6 is 47.8 Å². The molecule has 2 aromatic carbocycles. The number of aromatic hydroxyl groups is 1. The van der Waals surface area contributed by atoms with E-state index in [4.69, 9.17) is 0 Å². The van der Waals surface area contributed by atoms with Crippen LogP contribution in [-0.2, 0) is 0 Å². The summed E-state index contributed by atoms with van der Waals surface area (Å²) in [5.41, 5.74) is 1.89. The Kier molecular flexibility index (Phi) is 5.52. The van der Waals surface area contributed by atoms with Gasteiger partial charge in [-0.3, -0.25) is 0 Å². The van der Waals surface area contributed by atoms with Crippen molar-refractivity contribution in [3.8, 4) is 5.75 Å². The van der Waals surface area contributed by atoms with Crippen LogP contribution in [0, 0.1) is 0 Å². The third-order valence-electron chi connectivity index (χ3n) is 3.03. The molecule has 1 atom stereocenters. The third kappa shape index (κ3) is 3.77. The molecule has 0 aliphatic heterocycles. The smallest absolute Gasteiger partial charge is 0.120 e. The topological polar surface area (TPSA) is 32.3 Å². The highest BCUT2D eigenvalue weighted by molar-refractivity contribution is 9.11. The summed E-state index contributed by atoms with van der Waals surface area (Å²) in [7, 11) is 0. The summed E-state index contributed by atoms with van der Waals surface area (Å²) >= 11 is 10.4. The van der Waals surface area contributed by atoms with E-state index in [-0.39, 0.29) is 6.04 Å². The van der Waals surface area contributed by atoms with Gasteiger partial charge < -0.3 is 10.4 Å². The largest absolute Gasteiger partial charge is 0.508 e. The number of anilines is 1. The number of phenols is 1. The van der Waals surface area contributed by atoms with Gasteiger partial charge in [0, 0.05) is 24.7 Å². The van der Waals surface area contributed by atoms with Gasteiger partial charge in [0.1, 0.15) is 5.75 Å². The standard InChI is InChI=1S/C15H14Br3NO/c1-2-13(11-7-9(16)4-6-15(11)20)19-14-5-3-10(17)8-12(14)18/h3-8,13,19-20H,2H2,1H3. The predicted octanol–water partition coefficient (Wildman–Crippen LogP) is 6.24. The summed E-state index contributed by atoms with van der Waals surface area (Å²) in [6.07, 6.45) is 0.868. The third-order valence-corrected chi connectivity index (χ3v) is 4.68. The van der Waals surface area contributed by atoms with Crippen molar-refractivity contribution in [2.75, 3.05) is 5.32 Å². The zero-order valence-corrected chi connectivity index (χ0v) is 15.6. The second-order valence-electron chi connectivity index (χ2n) is 4.43. The Morgan fingerprint density at radius 2 is 1.70 bits per heavy atom. The summed E-state index contributed by atoms with van der Waals surface area (Å²) in [6.45, 7) is 2.09. The van der Waals surface area contributed by atoms with Crippen molar-refractivity contribution < 1.29 is 5.11 Å². The molecule has 0 aliphatic carbocycles. The Hall–Kier alpha value is -0.520. The molecule has 20 heavy (non-hydrogen) atoms. The second kappa shape index (κ2) is 6.96. The van der Waals surface area contributed by atoms with Gasteiger partial charge >= 0.3 is 0 Å². The van der Waals surface area contributed by atoms with E-state index in [1.807, 2.05) is 30.3 Å². The fraction of sp³-hybridized carbons (Fsp3) is 0.200. The van der Waals surface area contributed by atoms with Crippen LogP contribution in [0.25, 0.3) is 0 Å². The molecule has 0 bridgehead atoms. The van der Waals surface area contributed by atoms with Gasteiger partial charge in [0.15, 0.2) is 0 Å². The van der Waals surface area contributed by atoms with E-state index in [0.717, 1.165) is 31.1 Å². The Balaban J connectivity index is 2.31. The number of benzene rings is 2. The first-order chi connectivity index (χ1) is 9.51. The lowest BCUT2D eigenvalue weighted by Gasteiger charge is -2.21. The van der Waals surface area contributed by atoms with Crippen molar-refractivity contribution in [3.63, 3.8) is 0 Å². The minimum absolute atomic E-state index is 0.0463. The van der Waals surface area contributed by atoms with E-state index in [1.54, 1.807) is 6.07 Å². The fourth-order valence-electron chi connectivity index (χ4n) is 2.00. The quantitative estimate of drug-likeness (QED) is 0.562. The molecule has 0 saturated heterocycles. The molecule has 2 aromatic rings. The molecule has 0 heterocycles. The van der Waals surface area contributed by atoms with Crippen LogP contribution in [0.4, 0.5) is 5.69 Å². The van der Waals surface area contributed by atoms with Gasteiger partial charge in [-0.05, 0) is 58.7 Å². The zero-order valence-electron chi connectivity index (χ0n) is 10.8. The molecule has 0 aliphatic rings. The minimum Gasteiger partial charge on any atom is -0.508 e. The first kappa shape index (κ1) is 15.9. The predicted molar refractivity (Wildman–Crippen MR) is 94.3 cm³/mol. The van der Waals surface area contributed by atoms with Gasteiger partial charge in [0.05, 0.1) is 6.04 Å². The molecule has 2 nitrogen and oxygen atoms in total. The number of rotatable bonds is 4. The molecule has 2 N–H and O–H groups in total. The van der Waals surface area contributed by atoms with Crippen molar-refractivity contribution in [2.45, 2.75) is 19.4 Å². The number of hydrogen-bond donors (Lipinski definition) is 2. The van der Waals surface area contributed by atoms with E-state index in [0.29, 0.717) is 5.75 Å². The van der Waals surface area contributed by atoms with E-state index in [9.17, 15) is 5.11 Å². The first-order valence-corrected chi connectivity index (χ1v) is 8.59. The van der Waals surface area contributed by atoms with E-state index in [1.165, 1.54) is 0 Å². The normalized spacial score (nSPS) is 12.2.